The SMILES string of the molecule is CNc1ccc(-c2cnc([C@@H]3CCc4cc(-c5cc(Cl)ccc5-n5cnnn5)cc(=O)n43)[nH]2)c(F)n1. The van der Waals surface area contributed by atoms with Crippen LogP contribution in [0.5, 0.6) is 0 Å². The fourth-order valence-electron chi connectivity index (χ4n) is 4.64. The standard InChI is InChI=1S/C24H19ClFN9O/c1-27-21-7-4-16(23(26)31-21)18-11-28-24(30-18)20-6-3-15-8-13(9-22(36)35(15)20)17-10-14(25)2-5-19(17)34-12-29-32-33-34/h2,4-5,7-12,20H,3,6H2,1H3,(H,27,31)(H,28,30)/t20-/m0/s1. The monoisotopic (exact) mass is 503 g/mol. The maximum Gasteiger partial charge on any atom is 0.252 e. The molecule has 5 heterocycles. The van der Waals surface area contributed by atoms with Gasteiger partial charge in [-0.3, -0.25) is 4.79 Å². The van der Waals surface area contributed by atoms with Crippen LogP contribution in [-0.2, 0) is 6.42 Å². The quantitative estimate of drug-likeness (QED) is 0.351. The molecule has 5 aromatic rings. The molecule has 6 rings (SSSR count). The summed E-state index contributed by atoms with van der Waals surface area (Å²) in [6.45, 7) is 0. The van der Waals surface area contributed by atoms with E-state index in [0.29, 0.717) is 46.5 Å². The molecule has 12 heteroatoms. The number of hydrogen-bond donors (Lipinski definition) is 2. The number of anilines is 1. The van der Waals surface area contributed by atoms with Crippen molar-refractivity contribution >= 4 is 17.4 Å². The van der Waals surface area contributed by atoms with E-state index in [2.05, 4.69) is 35.8 Å². The van der Waals surface area contributed by atoms with Gasteiger partial charge in [-0.25, -0.2) is 9.97 Å². The third-order valence-electron chi connectivity index (χ3n) is 6.31. The summed E-state index contributed by atoms with van der Waals surface area (Å²) in [5, 5.41) is 14.7. The molecule has 1 aliphatic heterocycles. The van der Waals surface area contributed by atoms with Crippen LogP contribution < -0.4 is 10.9 Å². The number of fused-ring (bicyclic) bond motifs is 1. The predicted molar refractivity (Wildman–Crippen MR) is 132 cm³/mol. The normalized spacial score (nSPS) is 14.7. The Balaban J connectivity index is 1.37. The largest absolute Gasteiger partial charge is 0.373 e. The van der Waals surface area contributed by atoms with Crippen LogP contribution in [0.3, 0.4) is 0 Å². The second-order valence-electron chi connectivity index (χ2n) is 8.38. The Morgan fingerprint density at radius 2 is 2.06 bits per heavy atom. The summed E-state index contributed by atoms with van der Waals surface area (Å²) >= 11 is 6.28. The lowest BCUT2D eigenvalue weighted by Gasteiger charge is -2.15. The molecule has 2 N–H and O–H groups in total. The van der Waals surface area contributed by atoms with Crippen LogP contribution in [0.15, 0.2) is 59.8 Å². The molecular weight excluding hydrogens is 485 g/mol. The van der Waals surface area contributed by atoms with Gasteiger partial charge in [0.25, 0.3) is 5.56 Å². The molecule has 1 aliphatic rings. The minimum atomic E-state index is -0.606. The number of nitrogens with one attached hydrogen (secondary N) is 2. The van der Waals surface area contributed by atoms with Gasteiger partial charge in [-0.05, 0) is 65.2 Å². The molecule has 4 aromatic heterocycles. The number of aromatic amines is 1. The van der Waals surface area contributed by atoms with E-state index in [1.54, 1.807) is 48.1 Å². The van der Waals surface area contributed by atoms with Gasteiger partial charge in [-0.1, -0.05) is 11.6 Å². The van der Waals surface area contributed by atoms with Gasteiger partial charge in [0.1, 0.15) is 18.0 Å². The molecule has 0 radical (unpaired) electrons. The highest BCUT2D eigenvalue weighted by Crippen LogP contribution is 2.34. The summed E-state index contributed by atoms with van der Waals surface area (Å²) in [4.78, 5) is 24.9. The molecule has 0 saturated heterocycles. The van der Waals surface area contributed by atoms with Crippen molar-refractivity contribution in [3.05, 3.63) is 87.8 Å². The van der Waals surface area contributed by atoms with Crippen molar-refractivity contribution in [1.82, 2.24) is 39.7 Å². The Hall–Kier alpha value is -4.38. The summed E-state index contributed by atoms with van der Waals surface area (Å²) in [5.74, 6) is 0.421. The number of benzene rings is 1. The molecule has 0 unspecified atom stereocenters. The van der Waals surface area contributed by atoms with Crippen molar-refractivity contribution < 1.29 is 4.39 Å². The van der Waals surface area contributed by atoms with Crippen molar-refractivity contribution in [3.63, 3.8) is 0 Å². The van der Waals surface area contributed by atoms with Gasteiger partial charge in [0.05, 0.1) is 29.2 Å². The van der Waals surface area contributed by atoms with E-state index in [1.165, 1.54) is 11.0 Å². The van der Waals surface area contributed by atoms with Crippen molar-refractivity contribution in [3.8, 4) is 28.1 Å². The Bertz CT molecular complexity index is 1640. The van der Waals surface area contributed by atoms with Crippen molar-refractivity contribution in [2.24, 2.45) is 0 Å². The van der Waals surface area contributed by atoms with Gasteiger partial charge < -0.3 is 14.9 Å². The second kappa shape index (κ2) is 8.68. The Kier molecular flexibility index (Phi) is 5.33. The summed E-state index contributed by atoms with van der Waals surface area (Å²) in [7, 11) is 1.68. The first-order valence-electron chi connectivity index (χ1n) is 11.2. The summed E-state index contributed by atoms with van der Waals surface area (Å²) < 4.78 is 17.8. The Labute approximate surface area is 208 Å². The third kappa shape index (κ3) is 3.73. The maximum atomic E-state index is 14.5. The molecule has 36 heavy (non-hydrogen) atoms. The summed E-state index contributed by atoms with van der Waals surface area (Å²) in [6, 6.07) is 11.9. The smallest absolute Gasteiger partial charge is 0.252 e. The molecular formula is C24H19ClFN9O. The van der Waals surface area contributed by atoms with Crippen LogP contribution in [-0.4, -0.2) is 46.8 Å². The van der Waals surface area contributed by atoms with Crippen molar-refractivity contribution in [2.75, 3.05) is 12.4 Å². The lowest BCUT2D eigenvalue weighted by Crippen LogP contribution is -2.23. The van der Waals surface area contributed by atoms with E-state index in [1.807, 2.05) is 12.1 Å². The lowest BCUT2D eigenvalue weighted by molar-refractivity contribution is 0.571. The van der Waals surface area contributed by atoms with Gasteiger partial charge in [-0.2, -0.15) is 9.07 Å². The molecule has 0 fully saturated rings. The number of imidazole rings is 1. The van der Waals surface area contributed by atoms with Gasteiger partial charge in [0.2, 0.25) is 5.95 Å². The molecule has 1 atom stereocenters. The minimum absolute atomic E-state index is 0.170. The van der Waals surface area contributed by atoms with E-state index in [0.717, 1.165) is 16.8 Å². The number of H-pyrrole nitrogens is 1. The first-order chi connectivity index (χ1) is 17.5. The van der Waals surface area contributed by atoms with Crippen LogP contribution >= 0.6 is 11.6 Å². The number of hydrogen-bond acceptors (Lipinski definition) is 7. The molecule has 0 aliphatic carbocycles. The minimum Gasteiger partial charge on any atom is -0.373 e. The van der Waals surface area contributed by atoms with E-state index < -0.39 is 5.95 Å². The number of halogens is 2. The third-order valence-corrected chi connectivity index (χ3v) is 6.54. The summed E-state index contributed by atoms with van der Waals surface area (Å²) in [5.41, 5.74) is 3.68. The van der Waals surface area contributed by atoms with E-state index in [-0.39, 0.29) is 11.6 Å². The van der Waals surface area contributed by atoms with Gasteiger partial charge in [-0.15, -0.1) is 5.10 Å². The van der Waals surface area contributed by atoms with Crippen molar-refractivity contribution in [2.45, 2.75) is 18.9 Å². The van der Waals surface area contributed by atoms with Crippen molar-refractivity contribution in [1.29, 1.82) is 0 Å². The number of nitrogens with zero attached hydrogens (tertiary/aromatic N) is 7. The summed E-state index contributed by atoms with van der Waals surface area (Å²) in [6.07, 6.45) is 4.41. The highest BCUT2D eigenvalue weighted by atomic mass is 35.5. The zero-order valence-electron chi connectivity index (χ0n) is 19.0. The lowest BCUT2D eigenvalue weighted by atomic mass is 10.0. The first kappa shape index (κ1) is 22.1. The highest BCUT2D eigenvalue weighted by Gasteiger charge is 2.28. The Morgan fingerprint density at radius 3 is 2.83 bits per heavy atom. The van der Waals surface area contributed by atoms with Crippen LogP contribution in [0.2, 0.25) is 5.02 Å². The molecule has 0 bridgehead atoms. The first-order valence-corrected chi connectivity index (χ1v) is 11.6. The average molecular weight is 504 g/mol. The number of aryl methyl sites for hydroxylation is 1. The fourth-order valence-corrected chi connectivity index (χ4v) is 4.81. The van der Waals surface area contributed by atoms with Crippen LogP contribution in [0.1, 0.15) is 24.0 Å². The number of pyridine rings is 2. The highest BCUT2D eigenvalue weighted by molar-refractivity contribution is 6.31. The molecule has 10 nitrogen and oxygen atoms in total. The molecule has 1 aromatic carbocycles. The van der Waals surface area contributed by atoms with E-state index >= 15 is 0 Å². The topological polar surface area (TPSA) is 119 Å². The maximum absolute atomic E-state index is 14.5. The van der Waals surface area contributed by atoms with Gasteiger partial charge in [0.15, 0.2) is 0 Å². The second-order valence-corrected chi connectivity index (χ2v) is 8.82. The van der Waals surface area contributed by atoms with Gasteiger partial charge >= 0.3 is 0 Å². The Morgan fingerprint density at radius 1 is 1.17 bits per heavy atom. The predicted octanol–water partition coefficient (Wildman–Crippen LogP) is 3.65. The zero-order valence-corrected chi connectivity index (χ0v) is 19.7. The van der Waals surface area contributed by atoms with E-state index in [4.69, 9.17) is 11.6 Å². The number of tetrazole rings is 1. The number of rotatable bonds is 5. The number of aromatic nitrogens is 8. The molecule has 0 saturated carbocycles. The van der Waals surface area contributed by atoms with Gasteiger partial charge in [0, 0.05) is 29.4 Å². The van der Waals surface area contributed by atoms with Crippen LogP contribution in [0.25, 0.3) is 28.1 Å². The van der Waals surface area contributed by atoms with Crippen LogP contribution in [0, 0.1) is 5.95 Å². The van der Waals surface area contributed by atoms with E-state index in [9.17, 15) is 9.18 Å². The average Bonchev–Trinajstić information content (AvgIpc) is 3.64. The molecule has 0 amide bonds. The molecule has 180 valence electrons. The fraction of sp³-hybridized carbons (Fsp3) is 0.167. The van der Waals surface area contributed by atoms with Crippen LogP contribution in [0.4, 0.5) is 10.2 Å². The zero-order chi connectivity index (χ0) is 24.8. The molecule has 0 spiro atoms.